The van der Waals surface area contributed by atoms with E-state index in [9.17, 15) is 4.39 Å². The number of halogens is 3. The SMILES string of the molecule is Fc1ccc(CNc2nc3ccc(Cl)cc3s2)cc1Cl. The lowest BCUT2D eigenvalue weighted by atomic mass is 10.2. The molecule has 6 heteroatoms. The van der Waals surface area contributed by atoms with Crippen LogP contribution in [0.25, 0.3) is 10.2 Å². The second kappa shape index (κ2) is 5.56. The summed E-state index contributed by atoms with van der Waals surface area (Å²) in [4.78, 5) is 4.45. The van der Waals surface area contributed by atoms with E-state index in [0.717, 1.165) is 20.9 Å². The van der Waals surface area contributed by atoms with Gasteiger partial charge in [0, 0.05) is 11.6 Å². The van der Waals surface area contributed by atoms with E-state index in [0.29, 0.717) is 11.6 Å². The van der Waals surface area contributed by atoms with Gasteiger partial charge in [0.1, 0.15) is 5.82 Å². The van der Waals surface area contributed by atoms with Crippen LogP contribution in [0.5, 0.6) is 0 Å². The molecule has 20 heavy (non-hydrogen) atoms. The fourth-order valence-electron chi connectivity index (χ4n) is 1.80. The number of nitrogens with zero attached hydrogens (tertiary/aromatic N) is 1. The zero-order chi connectivity index (χ0) is 14.1. The van der Waals surface area contributed by atoms with Crippen molar-refractivity contribution in [2.24, 2.45) is 0 Å². The highest BCUT2D eigenvalue weighted by Crippen LogP contribution is 2.28. The fraction of sp³-hybridized carbons (Fsp3) is 0.0714. The minimum absolute atomic E-state index is 0.125. The van der Waals surface area contributed by atoms with Crippen molar-refractivity contribution in [1.82, 2.24) is 4.98 Å². The molecule has 3 rings (SSSR count). The predicted octanol–water partition coefficient (Wildman–Crippen LogP) is 5.35. The highest BCUT2D eigenvalue weighted by Gasteiger charge is 2.05. The van der Waals surface area contributed by atoms with Gasteiger partial charge >= 0.3 is 0 Å². The molecule has 0 spiro atoms. The number of hydrogen-bond donors (Lipinski definition) is 1. The summed E-state index contributed by atoms with van der Waals surface area (Å²) in [5.41, 5.74) is 1.80. The maximum Gasteiger partial charge on any atom is 0.184 e. The van der Waals surface area contributed by atoms with E-state index < -0.39 is 5.82 Å². The molecule has 0 radical (unpaired) electrons. The number of benzene rings is 2. The van der Waals surface area contributed by atoms with Crippen LogP contribution in [0.4, 0.5) is 9.52 Å². The van der Waals surface area contributed by atoms with Crippen molar-refractivity contribution in [3.05, 3.63) is 57.8 Å². The van der Waals surface area contributed by atoms with Gasteiger partial charge in [0.05, 0.1) is 15.2 Å². The number of aromatic nitrogens is 1. The summed E-state index contributed by atoms with van der Waals surface area (Å²) in [6.07, 6.45) is 0. The van der Waals surface area contributed by atoms with Gasteiger partial charge in [-0.05, 0) is 35.9 Å². The van der Waals surface area contributed by atoms with Gasteiger partial charge in [-0.1, -0.05) is 40.6 Å². The minimum Gasteiger partial charge on any atom is -0.357 e. The third kappa shape index (κ3) is 2.87. The van der Waals surface area contributed by atoms with Gasteiger partial charge in [0.15, 0.2) is 5.13 Å². The van der Waals surface area contributed by atoms with E-state index in [1.807, 2.05) is 18.2 Å². The monoisotopic (exact) mass is 326 g/mol. The Morgan fingerprint density at radius 3 is 2.80 bits per heavy atom. The lowest BCUT2D eigenvalue weighted by Gasteiger charge is -2.03. The van der Waals surface area contributed by atoms with Gasteiger partial charge in [0.25, 0.3) is 0 Å². The summed E-state index contributed by atoms with van der Waals surface area (Å²) in [6, 6.07) is 10.2. The zero-order valence-electron chi connectivity index (χ0n) is 10.2. The molecule has 0 saturated carbocycles. The molecule has 0 fully saturated rings. The van der Waals surface area contributed by atoms with E-state index in [1.54, 1.807) is 12.1 Å². The predicted molar refractivity (Wildman–Crippen MR) is 83.4 cm³/mol. The molecular weight excluding hydrogens is 318 g/mol. The van der Waals surface area contributed by atoms with Crippen LogP contribution in [-0.4, -0.2) is 4.98 Å². The molecule has 3 aromatic rings. The van der Waals surface area contributed by atoms with Crippen LogP contribution < -0.4 is 5.32 Å². The molecule has 0 aliphatic rings. The molecule has 0 unspecified atom stereocenters. The molecule has 0 bridgehead atoms. The Bertz CT molecular complexity index is 773. The zero-order valence-corrected chi connectivity index (χ0v) is 12.5. The van der Waals surface area contributed by atoms with Gasteiger partial charge < -0.3 is 5.32 Å². The smallest absolute Gasteiger partial charge is 0.184 e. The molecule has 1 aromatic heterocycles. The van der Waals surface area contributed by atoms with Crippen LogP contribution >= 0.6 is 34.5 Å². The normalized spacial score (nSPS) is 10.9. The van der Waals surface area contributed by atoms with Crippen LogP contribution in [0.15, 0.2) is 36.4 Å². The quantitative estimate of drug-likeness (QED) is 0.701. The van der Waals surface area contributed by atoms with Crippen molar-refractivity contribution >= 4 is 49.9 Å². The molecule has 102 valence electrons. The number of fused-ring (bicyclic) bond motifs is 1. The average Bonchev–Trinajstić information content (AvgIpc) is 2.82. The molecular formula is C14H9Cl2FN2S. The number of nitrogens with one attached hydrogen (secondary N) is 1. The van der Waals surface area contributed by atoms with Gasteiger partial charge in [-0.15, -0.1) is 0 Å². The summed E-state index contributed by atoms with van der Waals surface area (Å²) in [6.45, 7) is 0.535. The summed E-state index contributed by atoms with van der Waals surface area (Å²) in [5.74, 6) is -0.412. The largest absolute Gasteiger partial charge is 0.357 e. The molecule has 0 aliphatic heterocycles. The third-order valence-electron chi connectivity index (χ3n) is 2.78. The first-order chi connectivity index (χ1) is 9.61. The van der Waals surface area contributed by atoms with E-state index in [2.05, 4.69) is 10.3 Å². The third-order valence-corrected chi connectivity index (χ3v) is 4.28. The van der Waals surface area contributed by atoms with Crippen LogP contribution in [0.3, 0.4) is 0 Å². The summed E-state index contributed by atoms with van der Waals surface area (Å²) < 4.78 is 14.1. The Kier molecular flexibility index (Phi) is 3.78. The molecule has 0 amide bonds. The van der Waals surface area contributed by atoms with Gasteiger partial charge in [-0.3, -0.25) is 0 Å². The first kappa shape index (κ1) is 13.6. The molecule has 1 heterocycles. The standard InChI is InChI=1S/C14H9Cl2FN2S/c15-9-2-4-12-13(6-9)20-14(19-12)18-7-8-1-3-11(17)10(16)5-8/h1-6H,7H2,(H,18,19). The van der Waals surface area contributed by atoms with E-state index in [4.69, 9.17) is 23.2 Å². The molecule has 0 saturated heterocycles. The van der Waals surface area contributed by atoms with Crippen molar-refractivity contribution in [2.75, 3.05) is 5.32 Å². The topological polar surface area (TPSA) is 24.9 Å². The van der Waals surface area contributed by atoms with Crippen LogP contribution in [-0.2, 0) is 6.54 Å². The lowest BCUT2D eigenvalue weighted by Crippen LogP contribution is -1.99. The van der Waals surface area contributed by atoms with Crippen molar-refractivity contribution < 1.29 is 4.39 Å². The van der Waals surface area contributed by atoms with Crippen LogP contribution in [0.2, 0.25) is 10.0 Å². The highest BCUT2D eigenvalue weighted by atomic mass is 35.5. The van der Waals surface area contributed by atoms with Crippen molar-refractivity contribution in [1.29, 1.82) is 0 Å². The maximum absolute atomic E-state index is 13.1. The number of thiazole rings is 1. The molecule has 2 nitrogen and oxygen atoms in total. The maximum atomic E-state index is 13.1. The van der Waals surface area contributed by atoms with E-state index >= 15 is 0 Å². The Morgan fingerprint density at radius 1 is 1.15 bits per heavy atom. The van der Waals surface area contributed by atoms with Crippen LogP contribution in [0, 0.1) is 5.82 Å². The average molecular weight is 327 g/mol. The first-order valence-electron chi connectivity index (χ1n) is 5.86. The number of rotatable bonds is 3. The van der Waals surface area contributed by atoms with Gasteiger partial charge in [-0.25, -0.2) is 9.37 Å². The van der Waals surface area contributed by atoms with Crippen molar-refractivity contribution in [3.63, 3.8) is 0 Å². The summed E-state index contributed by atoms with van der Waals surface area (Å²) in [5, 5.41) is 4.81. The lowest BCUT2D eigenvalue weighted by molar-refractivity contribution is 0.627. The Balaban J connectivity index is 1.77. The van der Waals surface area contributed by atoms with Crippen molar-refractivity contribution in [3.8, 4) is 0 Å². The van der Waals surface area contributed by atoms with Crippen molar-refractivity contribution in [2.45, 2.75) is 6.54 Å². The summed E-state index contributed by atoms with van der Waals surface area (Å²) >= 11 is 13.2. The van der Waals surface area contributed by atoms with E-state index in [-0.39, 0.29) is 5.02 Å². The van der Waals surface area contributed by atoms with Gasteiger partial charge in [-0.2, -0.15) is 0 Å². The molecule has 2 aromatic carbocycles. The highest BCUT2D eigenvalue weighted by molar-refractivity contribution is 7.22. The first-order valence-corrected chi connectivity index (χ1v) is 7.43. The number of anilines is 1. The number of hydrogen-bond acceptors (Lipinski definition) is 3. The fourth-order valence-corrected chi connectivity index (χ4v) is 3.14. The van der Waals surface area contributed by atoms with Crippen LogP contribution in [0.1, 0.15) is 5.56 Å². The second-order valence-electron chi connectivity index (χ2n) is 4.23. The van der Waals surface area contributed by atoms with E-state index in [1.165, 1.54) is 17.4 Å². The molecule has 0 atom stereocenters. The Morgan fingerprint density at radius 2 is 2.00 bits per heavy atom. The molecule has 1 N–H and O–H groups in total. The molecule has 0 aliphatic carbocycles. The Hall–Kier alpha value is -1.36. The van der Waals surface area contributed by atoms with Gasteiger partial charge in [0.2, 0.25) is 0 Å². The summed E-state index contributed by atoms with van der Waals surface area (Å²) in [7, 11) is 0. The Labute approximate surface area is 129 Å². The minimum atomic E-state index is -0.412. The second-order valence-corrected chi connectivity index (χ2v) is 6.11.